The van der Waals surface area contributed by atoms with Gasteiger partial charge in [-0.25, -0.2) is 4.99 Å². The Labute approximate surface area is 147 Å². The molecule has 0 aliphatic carbocycles. The Balaban J connectivity index is 2.26. The Hall–Kier alpha value is -2.82. The van der Waals surface area contributed by atoms with Crippen LogP contribution in [-0.2, 0) is 14.9 Å². The Bertz CT molecular complexity index is 829. The van der Waals surface area contributed by atoms with Crippen LogP contribution < -0.4 is 9.47 Å². The van der Waals surface area contributed by atoms with Crippen molar-refractivity contribution in [2.24, 2.45) is 4.99 Å². The van der Waals surface area contributed by atoms with E-state index in [0.717, 1.165) is 11.1 Å². The van der Waals surface area contributed by atoms with E-state index in [9.17, 15) is 4.79 Å². The molecule has 0 fully saturated rings. The number of nitrogens with zero attached hydrogens (tertiary/aromatic N) is 1. The molecule has 0 N–H and O–H groups in total. The van der Waals surface area contributed by atoms with Gasteiger partial charge >= 0.3 is 5.97 Å². The fourth-order valence-electron chi connectivity index (χ4n) is 3.13. The number of rotatable bonds is 5. The van der Waals surface area contributed by atoms with Gasteiger partial charge in [-0.1, -0.05) is 30.3 Å². The normalized spacial score (nSPS) is 18.3. The number of carbonyl (C=O) groups excluding carboxylic acids is 1. The van der Waals surface area contributed by atoms with E-state index in [2.05, 4.69) is 0 Å². The van der Waals surface area contributed by atoms with Crippen molar-refractivity contribution in [3.63, 3.8) is 0 Å². The smallest absolute Gasteiger partial charge is 0.322 e. The molecule has 0 saturated carbocycles. The highest BCUT2D eigenvalue weighted by atomic mass is 16.5. The third-order valence-corrected chi connectivity index (χ3v) is 4.47. The predicted molar refractivity (Wildman–Crippen MR) is 96.2 cm³/mol. The highest BCUT2D eigenvalue weighted by Gasteiger charge is 2.49. The standard InChI is InChI=1S/C20H21NO4/c1-5-25-19(22)20(2)15-11-14(23-3)12-16(24-4)17(15)21-18(20)13-9-7-6-8-10-13/h6-12H,5H2,1-4H3. The van der Waals surface area contributed by atoms with Gasteiger partial charge in [0, 0.05) is 11.6 Å². The molecule has 0 amide bonds. The molecule has 25 heavy (non-hydrogen) atoms. The first-order valence-corrected chi connectivity index (χ1v) is 8.14. The maximum absolute atomic E-state index is 12.9. The molecule has 1 heterocycles. The Kier molecular flexibility index (Phi) is 4.49. The lowest BCUT2D eigenvalue weighted by molar-refractivity contribution is -0.146. The Morgan fingerprint density at radius 3 is 2.44 bits per heavy atom. The zero-order valence-corrected chi connectivity index (χ0v) is 14.8. The van der Waals surface area contributed by atoms with Gasteiger partial charge in [-0.2, -0.15) is 0 Å². The summed E-state index contributed by atoms with van der Waals surface area (Å²) in [5.41, 5.74) is 1.84. The third kappa shape index (κ3) is 2.65. The van der Waals surface area contributed by atoms with E-state index in [1.807, 2.05) is 43.3 Å². The van der Waals surface area contributed by atoms with E-state index in [4.69, 9.17) is 19.2 Å². The predicted octanol–water partition coefficient (Wildman–Crippen LogP) is 3.66. The second kappa shape index (κ2) is 6.59. The van der Waals surface area contributed by atoms with E-state index >= 15 is 0 Å². The molecule has 0 aromatic heterocycles. The lowest BCUT2D eigenvalue weighted by Gasteiger charge is -2.26. The van der Waals surface area contributed by atoms with Gasteiger partial charge in [0.1, 0.15) is 22.6 Å². The van der Waals surface area contributed by atoms with Gasteiger partial charge in [0.2, 0.25) is 0 Å². The number of aliphatic imine (C=N–C) groups is 1. The van der Waals surface area contributed by atoms with Crippen molar-refractivity contribution in [1.29, 1.82) is 0 Å². The van der Waals surface area contributed by atoms with E-state index in [1.54, 1.807) is 27.2 Å². The van der Waals surface area contributed by atoms with Crippen LogP contribution in [0.3, 0.4) is 0 Å². The van der Waals surface area contributed by atoms with E-state index in [1.165, 1.54) is 0 Å². The molecule has 5 heteroatoms. The number of benzene rings is 2. The minimum atomic E-state index is -1.03. The molecule has 1 aliphatic heterocycles. The largest absolute Gasteiger partial charge is 0.497 e. The minimum Gasteiger partial charge on any atom is -0.497 e. The molecule has 0 radical (unpaired) electrons. The van der Waals surface area contributed by atoms with Crippen LogP contribution in [0.15, 0.2) is 47.5 Å². The lowest BCUT2D eigenvalue weighted by Crippen LogP contribution is -2.40. The Morgan fingerprint density at radius 1 is 1.12 bits per heavy atom. The van der Waals surface area contributed by atoms with Crippen molar-refractivity contribution in [3.8, 4) is 11.5 Å². The minimum absolute atomic E-state index is 0.299. The van der Waals surface area contributed by atoms with E-state index < -0.39 is 5.41 Å². The first kappa shape index (κ1) is 17.0. The zero-order valence-electron chi connectivity index (χ0n) is 14.8. The maximum atomic E-state index is 12.9. The highest BCUT2D eigenvalue weighted by Crippen LogP contribution is 2.49. The summed E-state index contributed by atoms with van der Waals surface area (Å²) < 4.78 is 16.2. The fraction of sp³-hybridized carbons (Fsp3) is 0.300. The monoisotopic (exact) mass is 339 g/mol. The van der Waals surface area contributed by atoms with Crippen molar-refractivity contribution >= 4 is 17.4 Å². The molecular weight excluding hydrogens is 318 g/mol. The van der Waals surface area contributed by atoms with Crippen LogP contribution in [0.4, 0.5) is 5.69 Å². The van der Waals surface area contributed by atoms with Gasteiger partial charge in [0.05, 0.1) is 26.5 Å². The zero-order chi connectivity index (χ0) is 18.0. The first-order valence-electron chi connectivity index (χ1n) is 8.14. The summed E-state index contributed by atoms with van der Waals surface area (Å²) in [6.45, 7) is 3.93. The summed E-state index contributed by atoms with van der Waals surface area (Å²) in [6, 6.07) is 13.2. The van der Waals surface area contributed by atoms with Crippen LogP contribution in [0.1, 0.15) is 25.0 Å². The van der Waals surface area contributed by atoms with Gasteiger partial charge in [0.15, 0.2) is 0 Å². The van der Waals surface area contributed by atoms with Crippen LogP contribution >= 0.6 is 0 Å². The van der Waals surface area contributed by atoms with Gasteiger partial charge in [-0.05, 0) is 25.5 Å². The molecule has 1 aliphatic rings. The molecule has 0 saturated heterocycles. The summed E-state index contributed by atoms with van der Waals surface area (Å²) >= 11 is 0. The summed E-state index contributed by atoms with van der Waals surface area (Å²) in [4.78, 5) is 17.7. The van der Waals surface area contributed by atoms with Crippen LogP contribution in [0.5, 0.6) is 11.5 Å². The molecule has 0 bridgehead atoms. The van der Waals surface area contributed by atoms with Crippen molar-refractivity contribution < 1.29 is 19.0 Å². The Morgan fingerprint density at radius 2 is 1.84 bits per heavy atom. The second-order valence-electron chi connectivity index (χ2n) is 5.90. The summed E-state index contributed by atoms with van der Waals surface area (Å²) in [5, 5.41) is 0. The molecule has 2 aromatic carbocycles. The van der Waals surface area contributed by atoms with Crippen LogP contribution in [-0.4, -0.2) is 32.5 Å². The van der Waals surface area contributed by atoms with Crippen LogP contribution in [0.25, 0.3) is 0 Å². The number of methoxy groups -OCH3 is 2. The fourth-order valence-corrected chi connectivity index (χ4v) is 3.13. The quantitative estimate of drug-likeness (QED) is 0.780. The summed E-state index contributed by atoms with van der Waals surface area (Å²) in [6.07, 6.45) is 0. The second-order valence-corrected chi connectivity index (χ2v) is 5.90. The highest BCUT2D eigenvalue weighted by molar-refractivity contribution is 6.23. The topological polar surface area (TPSA) is 57.1 Å². The lowest BCUT2D eigenvalue weighted by atomic mass is 9.77. The molecule has 2 aromatic rings. The number of carbonyl (C=O) groups is 1. The summed E-state index contributed by atoms with van der Waals surface area (Å²) in [5.74, 6) is 0.832. The van der Waals surface area contributed by atoms with Crippen molar-refractivity contribution in [2.75, 3.05) is 20.8 Å². The average Bonchev–Trinajstić information content (AvgIpc) is 2.96. The number of hydrogen-bond acceptors (Lipinski definition) is 5. The van der Waals surface area contributed by atoms with Crippen molar-refractivity contribution in [2.45, 2.75) is 19.3 Å². The molecule has 1 atom stereocenters. The molecule has 3 rings (SSSR count). The van der Waals surface area contributed by atoms with Crippen molar-refractivity contribution in [1.82, 2.24) is 0 Å². The number of fused-ring (bicyclic) bond motifs is 1. The SMILES string of the molecule is CCOC(=O)C1(C)C(c2ccccc2)=Nc2c(OC)cc(OC)cc21. The molecule has 1 unspecified atom stereocenters. The molecule has 130 valence electrons. The van der Waals surface area contributed by atoms with Gasteiger partial charge in [-0.3, -0.25) is 4.79 Å². The third-order valence-electron chi connectivity index (χ3n) is 4.47. The van der Waals surface area contributed by atoms with Gasteiger partial charge in [-0.15, -0.1) is 0 Å². The first-order chi connectivity index (χ1) is 12.1. The number of ether oxygens (including phenoxy) is 3. The van der Waals surface area contributed by atoms with E-state index in [-0.39, 0.29) is 5.97 Å². The van der Waals surface area contributed by atoms with Gasteiger partial charge < -0.3 is 14.2 Å². The van der Waals surface area contributed by atoms with Gasteiger partial charge in [0.25, 0.3) is 0 Å². The maximum Gasteiger partial charge on any atom is 0.322 e. The molecule has 0 spiro atoms. The molecular formula is C20H21NO4. The average molecular weight is 339 g/mol. The molecule has 5 nitrogen and oxygen atoms in total. The van der Waals surface area contributed by atoms with Crippen LogP contribution in [0.2, 0.25) is 0 Å². The number of hydrogen-bond donors (Lipinski definition) is 0. The van der Waals surface area contributed by atoms with Crippen molar-refractivity contribution in [3.05, 3.63) is 53.6 Å². The van der Waals surface area contributed by atoms with Crippen LogP contribution in [0, 0.1) is 0 Å². The summed E-state index contributed by atoms with van der Waals surface area (Å²) in [7, 11) is 3.16. The number of esters is 1. The van der Waals surface area contributed by atoms with E-state index in [0.29, 0.717) is 29.5 Å².